The summed E-state index contributed by atoms with van der Waals surface area (Å²) >= 11 is 1.26. The molecular formula is C27H22FN5O2S. The van der Waals surface area contributed by atoms with Gasteiger partial charge in [0, 0.05) is 51.3 Å². The Morgan fingerprint density at radius 3 is 2.64 bits per heavy atom. The van der Waals surface area contributed by atoms with E-state index >= 15 is 4.39 Å². The highest BCUT2D eigenvalue weighted by atomic mass is 32.2. The second-order valence-electron chi connectivity index (χ2n) is 8.22. The van der Waals surface area contributed by atoms with Crippen molar-refractivity contribution in [2.24, 2.45) is 0 Å². The summed E-state index contributed by atoms with van der Waals surface area (Å²) in [5, 5.41) is 5.43. The molecule has 0 saturated heterocycles. The van der Waals surface area contributed by atoms with Crippen LogP contribution in [0.2, 0.25) is 0 Å². The van der Waals surface area contributed by atoms with Crippen molar-refractivity contribution in [3.63, 3.8) is 0 Å². The number of fused-ring (bicyclic) bond motifs is 1. The highest BCUT2D eigenvalue weighted by Gasteiger charge is 2.18. The summed E-state index contributed by atoms with van der Waals surface area (Å²) in [7, 11) is 0. The normalized spacial score (nSPS) is 12.4. The van der Waals surface area contributed by atoms with Gasteiger partial charge in [0.05, 0.1) is 0 Å². The number of anilines is 3. The van der Waals surface area contributed by atoms with Crippen LogP contribution in [-0.2, 0) is 11.2 Å². The molecule has 5 N–H and O–H groups in total. The molecule has 180 valence electrons. The van der Waals surface area contributed by atoms with Crippen molar-refractivity contribution in [3.05, 3.63) is 89.9 Å². The molecule has 1 aromatic heterocycles. The molecule has 5 rings (SSSR count). The van der Waals surface area contributed by atoms with Gasteiger partial charge in [0.15, 0.2) is 0 Å². The van der Waals surface area contributed by atoms with E-state index in [0.29, 0.717) is 51.6 Å². The zero-order chi connectivity index (χ0) is 25.1. The molecule has 0 spiro atoms. The average Bonchev–Trinajstić information content (AvgIpc) is 2.88. The van der Waals surface area contributed by atoms with E-state index in [4.69, 9.17) is 5.73 Å². The first-order valence-electron chi connectivity index (χ1n) is 11.2. The average molecular weight is 500 g/mol. The zero-order valence-electron chi connectivity index (χ0n) is 19.0. The van der Waals surface area contributed by atoms with Gasteiger partial charge in [-0.3, -0.25) is 9.59 Å². The van der Waals surface area contributed by atoms with Crippen LogP contribution in [-0.4, -0.2) is 23.8 Å². The van der Waals surface area contributed by atoms with E-state index in [-0.39, 0.29) is 5.91 Å². The second-order valence-corrected chi connectivity index (χ2v) is 9.10. The number of benzene rings is 3. The summed E-state index contributed by atoms with van der Waals surface area (Å²) in [5.74, 6) is -0.137. The molecule has 1 aliphatic rings. The van der Waals surface area contributed by atoms with Crippen LogP contribution < -0.4 is 21.1 Å². The number of nitrogen functional groups attached to an aromatic ring is 1. The summed E-state index contributed by atoms with van der Waals surface area (Å²) < 4.78 is 18.3. The second kappa shape index (κ2) is 10.1. The molecule has 0 radical (unpaired) electrons. The maximum atomic E-state index is 15.1. The van der Waals surface area contributed by atoms with E-state index < -0.39 is 5.82 Å². The first-order chi connectivity index (χ1) is 17.5. The molecule has 3 aromatic carbocycles. The minimum absolute atomic E-state index is 0.0810. The molecule has 2 heterocycles. The molecule has 4 aromatic rings. The predicted octanol–water partition coefficient (Wildman–Crippen LogP) is 5.11. The summed E-state index contributed by atoms with van der Waals surface area (Å²) in [6.07, 6.45) is 2.91. The number of nitrogens with two attached hydrogens (primary N) is 1. The largest absolute Gasteiger partial charge is 0.383 e. The summed E-state index contributed by atoms with van der Waals surface area (Å²) in [4.78, 5) is 27.7. The van der Waals surface area contributed by atoms with Crippen molar-refractivity contribution in [2.75, 3.05) is 22.3 Å². The lowest BCUT2D eigenvalue weighted by atomic mass is 9.94. The van der Waals surface area contributed by atoms with Crippen molar-refractivity contribution in [1.82, 2.24) is 10.3 Å². The Labute approximate surface area is 211 Å². The van der Waals surface area contributed by atoms with Gasteiger partial charge in [-0.2, -0.15) is 0 Å². The van der Waals surface area contributed by atoms with Crippen molar-refractivity contribution < 1.29 is 14.0 Å². The van der Waals surface area contributed by atoms with Gasteiger partial charge in [-0.05, 0) is 72.0 Å². The van der Waals surface area contributed by atoms with Crippen molar-refractivity contribution in [2.45, 2.75) is 11.3 Å². The Kier molecular flexibility index (Phi) is 6.55. The highest BCUT2D eigenvalue weighted by molar-refractivity contribution is 8.00. The van der Waals surface area contributed by atoms with Crippen LogP contribution in [0.25, 0.3) is 22.3 Å². The fraction of sp³-hybridized carbons (Fsp3) is 0.0741. The van der Waals surface area contributed by atoms with Crippen LogP contribution in [0.4, 0.5) is 21.6 Å². The lowest BCUT2D eigenvalue weighted by Gasteiger charge is -2.18. The van der Waals surface area contributed by atoms with Crippen LogP contribution in [0, 0.1) is 5.82 Å². The maximum absolute atomic E-state index is 15.1. The number of nitrogens with one attached hydrogen (secondary N) is 3. The van der Waals surface area contributed by atoms with Gasteiger partial charge in [-0.1, -0.05) is 24.3 Å². The van der Waals surface area contributed by atoms with Gasteiger partial charge in [-0.25, -0.2) is 9.37 Å². The number of carbonyl (C=O) groups excluding carboxylic acids is 2. The molecule has 0 fully saturated rings. The lowest BCUT2D eigenvalue weighted by Crippen LogP contribution is -2.31. The number of halogens is 1. The zero-order valence-corrected chi connectivity index (χ0v) is 19.9. The van der Waals surface area contributed by atoms with Crippen molar-refractivity contribution >= 4 is 41.5 Å². The third kappa shape index (κ3) is 4.87. The number of hydrogen-bond acceptors (Lipinski definition) is 6. The minimum Gasteiger partial charge on any atom is -0.383 e. The lowest BCUT2D eigenvalue weighted by molar-refractivity contribution is -0.105. The Hall–Kier alpha value is -4.37. The van der Waals surface area contributed by atoms with E-state index in [1.165, 1.54) is 18.0 Å². The topological polar surface area (TPSA) is 109 Å². The summed E-state index contributed by atoms with van der Waals surface area (Å²) in [6, 6.07) is 19.6. The fourth-order valence-electron chi connectivity index (χ4n) is 4.10. The Balaban J connectivity index is 1.38. The molecule has 9 heteroatoms. The van der Waals surface area contributed by atoms with E-state index in [1.807, 2.05) is 30.3 Å². The fourth-order valence-corrected chi connectivity index (χ4v) is 4.76. The van der Waals surface area contributed by atoms with Crippen molar-refractivity contribution in [3.8, 4) is 22.3 Å². The van der Waals surface area contributed by atoms with E-state index in [2.05, 4.69) is 20.3 Å². The Bertz CT molecular complexity index is 1480. The van der Waals surface area contributed by atoms with E-state index in [9.17, 15) is 9.59 Å². The van der Waals surface area contributed by atoms with Gasteiger partial charge >= 0.3 is 0 Å². The third-order valence-electron chi connectivity index (χ3n) is 5.89. The smallest absolute Gasteiger partial charge is 0.251 e. The van der Waals surface area contributed by atoms with Gasteiger partial charge in [0.2, 0.25) is 6.41 Å². The molecule has 1 aliphatic heterocycles. The molecule has 7 nitrogen and oxygen atoms in total. The van der Waals surface area contributed by atoms with Gasteiger partial charge < -0.3 is 21.1 Å². The predicted molar refractivity (Wildman–Crippen MR) is 141 cm³/mol. The van der Waals surface area contributed by atoms with E-state index in [0.717, 1.165) is 23.2 Å². The van der Waals surface area contributed by atoms with Crippen LogP contribution in [0.1, 0.15) is 15.9 Å². The molecule has 36 heavy (non-hydrogen) atoms. The molecule has 2 amide bonds. The first kappa shape index (κ1) is 23.4. The molecule has 0 unspecified atom stereocenters. The molecule has 0 aliphatic carbocycles. The SMILES string of the molecule is Nc1ncc(-c2ccc(SNc3cccc(NC=O)c3)cc2F)cc1-c1ccc2c(c1)CCNC2=O. The first-order valence-corrected chi connectivity index (χ1v) is 12.0. The van der Waals surface area contributed by atoms with Gasteiger partial charge in [0.1, 0.15) is 11.6 Å². The number of nitrogens with zero attached hydrogens (tertiary/aromatic N) is 1. The van der Waals surface area contributed by atoms with Crippen LogP contribution in [0.5, 0.6) is 0 Å². The monoisotopic (exact) mass is 499 g/mol. The maximum Gasteiger partial charge on any atom is 0.251 e. The number of hydrogen-bond donors (Lipinski definition) is 4. The Morgan fingerprint density at radius 1 is 0.972 bits per heavy atom. The standard InChI is InChI=1S/C27H22FN5O2S/c28-25-13-21(36-33-20-3-1-2-19(12-20)32-15-34)5-7-22(25)18-11-24(26(29)31-14-18)16-4-6-23-17(10-16)8-9-30-27(23)35/h1-7,10-15,33H,8-9H2,(H2,29,31)(H,30,35)(H,32,34). The van der Waals surface area contributed by atoms with Crippen molar-refractivity contribution in [1.29, 1.82) is 0 Å². The third-order valence-corrected chi connectivity index (χ3v) is 6.71. The highest BCUT2D eigenvalue weighted by Crippen LogP contribution is 2.34. The summed E-state index contributed by atoms with van der Waals surface area (Å²) in [6.45, 7) is 0.592. The Morgan fingerprint density at radius 2 is 1.81 bits per heavy atom. The van der Waals surface area contributed by atoms with Gasteiger partial charge in [-0.15, -0.1) is 0 Å². The number of aromatic nitrogens is 1. The number of rotatable bonds is 7. The minimum atomic E-state index is -0.391. The van der Waals surface area contributed by atoms with Crippen LogP contribution >= 0.6 is 11.9 Å². The summed E-state index contributed by atoms with van der Waals surface area (Å²) in [5.41, 5.74) is 11.7. The number of amides is 2. The number of carbonyl (C=O) groups is 2. The molecule has 0 saturated carbocycles. The van der Waals surface area contributed by atoms with Crippen LogP contribution in [0.3, 0.4) is 0 Å². The van der Waals surface area contributed by atoms with Crippen LogP contribution in [0.15, 0.2) is 77.8 Å². The van der Waals surface area contributed by atoms with E-state index in [1.54, 1.807) is 36.5 Å². The molecule has 0 bridgehead atoms. The molecule has 0 atom stereocenters. The molecular weight excluding hydrogens is 477 g/mol. The van der Waals surface area contributed by atoms with Gasteiger partial charge in [0.25, 0.3) is 5.91 Å². The number of pyridine rings is 1. The quantitative estimate of drug-likeness (QED) is 0.208.